The van der Waals surface area contributed by atoms with Crippen LogP contribution in [0.15, 0.2) is 0 Å². The normalized spacial score (nSPS) is 14.6. The number of rotatable bonds is 17. The van der Waals surface area contributed by atoms with E-state index in [1.165, 1.54) is 0 Å². The Morgan fingerprint density at radius 1 is 0.848 bits per heavy atom. The Balaban J connectivity index is 5.39. The Labute approximate surface area is 199 Å². The van der Waals surface area contributed by atoms with Crippen LogP contribution in [0.2, 0.25) is 0 Å². The molecule has 0 aromatic rings. The molecule has 0 saturated heterocycles. The monoisotopic (exact) mass is 491 g/mol. The Morgan fingerprint density at radius 2 is 1.39 bits per heavy atom. The summed E-state index contributed by atoms with van der Waals surface area (Å²) in [6.07, 6.45) is 1.29. The average molecular weight is 492 g/mol. The lowest BCUT2D eigenvalue weighted by atomic mass is 10.0. The number of unbranched alkanes of at least 4 members (excludes halogenated alkanes) is 1. The molecule has 0 bridgehead atoms. The number of carboxylic acids is 2. The van der Waals surface area contributed by atoms with E-state index in [1.54, 1.807) is 0 Å². The van der Waals surface area contributed by atoms with E-state index >= 15 is 0 Å². The number of carbonyl (C=O) groups excluding carboxylic acids is 3. The molecule has 3 amide bonds. The van der Waals surface area contributed by atoms with Gasteiger partial charge in [-0.1, -0.05) is 20.3 Å². The third-order valence-electron chi connectivity index (χ3n) is 4.72. The Morgan fingerprint density at radius 3 is 1.88 bits per heavy atom. The first-order chi connectivity index (χ1) is 15.4. The highest BCUT2D eigenvalue weighted by molar-refractivity contribution is 7.80. The van der Waals surface area contributed by atoms with Gasteiger partial charge < -0.3 is 37.6 Å². The predicted molar refractivity (Wildman–Crippen MR) is 124 cm³/mol. The molecule has 0 aliphatic carbocycles. The van der Waals surface area contributed by atoms with Crippen molar-refractivity contribution < 1.29 is 34.2 Å². The van der Waals surface area contributed by atoms with E-state index in [-0.39, 0.29) is 24.5 Å². The van der Waals surface area contributed by atoms with Crippen molar-refractivity contribution in [2.75, 3.05) is 12.3 Å². The van der Waals surface area contributed by atoms with Gasteiger partial charge >= 0.3 is 11.9 Å². The summed E-state index contributed by atoms with van der Waals surface area (Å²) in [5.74, 6) is -4.80. The van der Waals surface area contributed by atoms with Gasteiger partial charge in [-0.3, -0.25) is 19.2 Å². The number of hydrogen-bond acceptors (Lipinski definition) is 8. The van der Waals surface area contributed by atoms with Crippen molar-refractivity contribution in [3.63, 3.8) is 0 Å². The van der Waals surface area contributed by atoms with Crippen LogP contribution in [-0.2, 0) is 24.0 Å². The minimum Gasteiger partial charge on any atom is -0.481 e. The third-order valence-corrected chi connectivity index (χ3v) is 5.09. The Bertz CT molecular complexity index is 677. The molecule has 12 nitrogen and oxygen atoms in total. The number of thiol groups is 1. The first-order valence-corrected chi connectivity index (χ1v) is 11.5. The summed E-state index contributed by atoms with van der Waals surface area (Å²) in [7, 11) is 0. The summed E-state index contributed by atoms with van der Waals surface area (Å²) in [5, 5.41) is 25.3. The van der Waals surface area contributed by atoms with Gasteiger partial charge in [0.1, 0.15) is 18.1 Å². The van der Waals surface area contributed by atoms with Gasteiger partial charge in [-0.2, -0.15) is 12.6 Å². The zero-order valence-corrected chi connectivity index (χ0v) is 20.0. The van der Waals surface area contributed by atoms with Gasteiger partial charge in [-0.05, 0) is 38.1 Å². The van der Waals surface area contributed by atoms with Crippen molar-refractivity contribution >= 4 is 42.3 Å². The van der Waals surface area contributed by atoms with Crippen LogP contribution in [0.3, 0.4) is 0 Å². The van der Waals surface area contributed by atoms with Crippen molar-refractivity contribution in [1.82, 2.24) is 16.0 Å². The molecule has 0 spiro atoms. The second kappa shape index (κ2) is 16.3. The highest BCUT2D eigenvalue weighted by Gasteiger charge is 2.30. The number of carboxylic acid groups (broad SMARTS) is 2. The molecule has 0 fully saturated rings. The van der Waals surface area contributed by atoms with E-state index in [9.17, 15) is 24.0 Å². The van der Waals surface area contributed by atoms with E-state index in [4.69, 9.17) is 21.7 Å². The van der Waals surface area contributed by atoms with Crippen molar-refractivity contribution in [3.8, 4) is 0 Å². The minimum absolute atomic E-state index is 0.00128. The van der Waals surface area contributed by atoms with Gasteiger partial charge in [0, 0.05) is 12.2 Å². The molecule has 0 heterocycles. The molecule has 0 aromatic heterocycles. The summed E-state index contributed by atoms with van der Waals surface area (Å²) in [6, 6.07) is -4.49. The predicted octanol–water partition coefficient (Wildman–Crippen LogP) is -1.18. The van der Waals surface area contributed by atoms with E-state index in [2.05, 4.69) is 28.6 Å². The van der Waals surface area contributed by atoms with E-state index < -0.39 is 60.2 Å². The smallest absolute Gasteiger partial charge is 0.327 e. The average Bonchev–Trinajstić information content (AvgIpc) is 2.73. The molecule has 0 rings (SSSR count). The lowest BCUT2D eigenvalue weighted by Gasteiger charge is -2.25. The second-order valence-corrected chi connectivity index (χ2v) is 8.52. The zero-order chi connectivity index (χ0) is 25.6. The third kappa shape index (κ3) is 13.0. The first kappa shape index (κ1) is 30.6. The van der Waals surface area contributed by atoms with Gasteiger partial charge in [-0.25, -0.2) is 4.79 Å². The highest BCUT2D eigenvalue weighted by atomic mass is 32.1. The maximum absolute atomic E-state index is 12.9. The van der Waals surface area contributed by atoms with Gasteiger partial charge in [0.2, 0.25) is 17.7 Å². The van der Waals surface area contributed by atoms with Crippen LogP contribution in [-0.4, -0.2) is 76.3 Å². The minimum atomic E-state index is -1.32. The summed E-state index contributed by atoms with van der Waals surface area (Å²) in [5.41, 5.74) is 11.3. The van der Waals surface area contributed by atoms with Crippen LogP contribution in [0, 0.1) is 5.92 Å². The number of aliphatic carboxylic acids is 2. The van der Waals surface area contributed by atoms with Gasteiger partial charge in [-0.15, -0.1) is 0 Å². The maximum Gasteiger partial charge on any atom is 0.327 e. The van der Waals surface area contributed by atoms with Crippen LogP contribution in [0.4, 0.5) is 0 Å². The molecular weight excluding hydrogens is 454 g/mol. The molecule has 0 radical (unpaired) electrons. The molecule has 0 aliphatic rings. The number of nitrogens with one attached hydrogen (secondary N) is 3. The van der Waals surface area contributed by atoms with E-state index in [1.807, 2.05) is 13.8 Å². The molecule has 9 N–H and O–H groups in total. The molecule has 0 saturated carbocycles. The van der Waals surface area contributed by atoms with Crippen molar-refractivity contribution in [2.45, 2.75) is 76.5 Å². The standard InChI is InChI=1S/C20H37N5O7S/c1-11(2)9-14(24-17(28)12(22)5-3-4-8-21)19(30)23-13(6-7-16(26)27)18(29)25-15(10-33)20(31)32/h11-15,33H,3-10,21-22H2,1-2H3,(H,23,30)(H,24,28)(H,25,29)(H,26,27)(H,31,32). The van der Waals surface area contributed by atoms with E-state index in [0.717, 1.165) is 0 Å². The van der Waals surface area contributed by atoms with E-state index in [0.29, 0.717) is 25.8 Å². The lowest BCUT2D eigenvalue weighted by Crippen LogP contribution is -2.57. The topological polar surface area (TPSA) is 214 Å². The number of hydrogen-bond donors (Lipinski definition) is 8. The zero-order valence-electron chi connectivity index (χ0n) is 19.1. The van der Waals surface area contributed by atoms with Crippen LogP contribution in [0.25, 0.3) is 0 Å². The summed E-state index contributed by atoms with van der Waals surface area (Å²) < 4.78 is 0. The lowest BCUT2D eigenvalue weighted by molar-refractivity contribution is -0.142. The molecule has 0 aromatic carbocycles. The fraction of sp³-hybridized carbons (Fsp3) is 0.750. The maximum atomic E-state index is 12.9. The number of nitrogens with two attached hydrogens (primary N) is 2. The van der Waals surface area contributed by atoms with Crippen molar-refractivity contribution in [1.29, 1.82) is 0 Å². The van der Waals surface area contributed by atoms with Crippen LogP contribution < -0.4 is 27.4 Å². The Kier molecular flexibility index (Phi) is 15.1. The van der Waals surface area contributed by atoms with Crippen molar-refractivity contribution in [3.05, 3.63) is 0 Å². The summed E-state index contributed by atoms with van der Waals surface area (Å²) >= 11 is 3.87. The van der Waals surface area contributed by atoms with Crippen LogP contribution >= 0.6 is 12.6 Å². The van der Waals surface area contributed by atoms with Crippen molar-refractivity contribution in [2.24, 2.45) is 17.4 Å². The number of carbonyl (C=O) groups is 5. The van der Waals surface area contributed by atoms with Crippen LogP contribution in [0.5, 0.6) is 0 Å². The molecule has 0 aliphatic heterocycles. The number of amides is 3. The summed E-state index contributed by atoms with van der Waals surface area (Å²) in [6.45, 7) is 4.15. The second-order valence-electron chi connectivity index (χ2n) is 8.16. The molecule has 13 heteroatoms. The van der Waals surface area contributed by atoms with Crippen LogP contribution in [0.1, 0.15) is 52.4 Å². The first-order valence-electron chi connectivity index (χ1n) is 10.8. The van der Waals surface area contributed by atoms with Gasteiger partial charge in [0.25, 0.3) is 0 Å². The largest absolute Gasteiger partial charge is 0.481 e. The fourth-order valence-corrected chi connectivity index (χ4v) is 3.14. The Hall–Kier alpha value is -2.38. The quantitative estimate of drug-likeness (QED) is 0.0906. The SMILES string of the molecule is CC(C)CC(NC(=O)C(N)CCCCN)C(=O)NC(CCC(=O)O)C(=O)NC(CS)C(=O)O. The highest BCUT2D eigenvalue weighted by Crippen LogP contribution is 2.08. The fourth-order valence-electron chi connectivity index (χ4n) is 2.89. The molecule has 4 atom stereocenters. The van der Waals surface area contributed by atoms with Gasteiger partial charge in [0.15, 0.2) is 0 Å². The van der Waals surface area contributed by atoms with Gasteiger partial charge in [0.05, 0.1) is 6.04 Å². The molecule has 4 unspecified atom stereocenters. The molecule has 33 heavy (non-hydrogen) atoms. The molecule has 190 valence electrons. The summed E-state index contributed by atoms with van der Waals surface area (Å²) in [4.78, 5) is 60.1. The molecular formula is C20H37N5O7S.